The van der Waals surface area contributed by atoms with Crippen LogP contribution in [0.3, 0.4) is 0 Å². The molecule has 1 aliphatic rings. The van der Waals surface area contributed by atoms with E-state index in [2.05, 4.69) is 10.3 Å². The van der Waals surface area contributed by atoms with Gasteiger partial charge in [-0.2, -0.15) is 0 Å². The molecule has 1 aliphatic heterocycles. The van der Waals surface area contributed by atoms with Crippen LogP contribution in [0.4, 0.5) is 0 Å². The Morgan fingerprint density at radius 2 is 2.11 bits per heavy atom. The Balaban J connectivity index is 1.90. The standard InChI is InChI=1S/C13H16N2O3/c16-12(8-3-5-14-6-4-8)9-1-2-10-11(7-9)18-13(17)15-10/h1-2,7-8,12,14,16H,3-6H2,(H,15,17). The molecule has 2 aromatic rings. The molecule has 0 spiro atoms. The highest BCUT2D eigenvalue weighted by Crippen LogP contribution is 2.29. The van der Waals surface area contributed by atoms with Gasteiger partial charge in [0.25, 0.3) is 0 Å². The summed E-state index contributed by atoms with van der Waals surface area (Å²) in [6, 6.07) is 5.38. The van der Waals surface area contributed by atoms with E-state index in [9.17, 15) is 9.90 Å². The molecule has 1 saturated heterocycles. The molecule has 1 atom stereocenters. The topological polar surface area (TPSA) is 78.3 Å². The number of oxazole rings is 1. The van der Waals surface area contributed by atoms with E-state index in [0.29, 0.717) is 11.1 Å². The number of hydrogen-bond acceptors (Lipinski definition) is 4. The van der Waals surface area contributed by atoms with E-state index in [0.717, 1.165) is 31.5 Å². The Morgan fingerprint density at radius 3 is 2.89 bits per heavy atom. The van der Waals surface area contributed by atoms with Gasteiger partial charge in [0.1, 0.15) is 0 Å². The lowest BCUT2D eigenvalue weighted by Crippen LogP contribution is -2.30. The van der Waals surface area contributed by atoms with Crippen molar-refractivity contribution in [3.05, 3.63) is 34.3 Å². The highest BCUT2D eigenvalue weighted by molar-refractivity contribution is 5.72. The van der Waals surface area contributed by atoms with E-state index in [1.54, 1.807) is 12.1 Å². The second-order valence-electron chi connectivity index (χ2n) is 4.80. The number of aromatic amines is 1. The molecule has 0 radical (unpaired) electrons. The summed E-state index contributed by atoms with van der Waals surface area (Å²) in [6.07, 6.45) is 1.45. The first-order valence-electron chi connectivity index (χ1n) is 6.25. The van der Waals surface area contributed by atoms with Gasteiger partial charge in [0.2, 0.25) is 0 Å². The number of benzene rings is 1. The first-order chi connectivity index (χ1) is 8.74. The van der Waals surface area contributed by atoms with Crippen molar-refractivity contribution in [1.29, 1.82) is 0 Å². The predicted octanol–water partition coefficient (Wildman–Crippen LogP) is 1.15. The lowest BCUT2D eigenvalue weighted by molar-refractivity contribution is 0.0890. The van der Waals surface area contributed by atoms with Crippen LogP contribution < -0.4 is 11.1 Å². The van der Waals surface area contributed by atoms with Crippen LogP contribution in [-0.2, 0) is 0 Å². The molecule has 0 bridgehead atoms. The second kappa shape index (κ2) is 4.59. The van der Waals surface area contributed by atoms with Gasteiger partial charge >= 0.3 is 5.76 Å². The molecule has 1 unspecified atom stereocenters. The van der Waals surface area contributed by atoms with E-state index in [-0.39, 0.29) is 5.92 Å². The number of piperidine rings is 1. The molecule has 0 saturated carbocycles. The molecule has 3 rings (SSSR count). The third-order valence-electron chi connectivity index (χ3n) is 3.62. The zero-order valence-corrected chi connectivity index (χ0v) is 9.98. The number of H-pyrrole nitrogens is 1. The molecule has 1 fully saturated rings. The average molecular weight is 248 g/mol. The Morgan fingerprint density at radius 1 is 1.33 bits per heavy atom. The fourth-order valence-corrected chi connectivity index (χ4v) is 2.58. The number of rotatable bonds is 2. The molecule has 5 heteroatoms. The number of aliphatic hydroxyl groups excluding tert-OH is 1. The Labute approximate surface area is 104 Å². The smallest absolute Gasteiger partial charge is 0.408 e. The Hall–Kier alpha value is -1.59. The molecule has 0 amide bonds. The summed E-state index contributed by atoms with van der Waals surface area (Å²) in [5.74, 6) is -0.187. The van der Waals surface area contributed by atoms with Crippen molar-refractivity contribution in [1.82, 2.24) is 10.3 Å². The molecule has 18 heavy (non-hydrogen) atoms. The first kappa shape index (κ1) is 11.5. The molecule has 1 aromatic carbocycles. The van der Waals surface area contributed by atoms with Crippen molar-refractivity contribution >= 4 is 11.1 Å². The summed E-state index contributed by atoms with van der Waals surface area (Å²) >= 11 is 0. The van der Waals surface area contributed by atoms with Crippen LogP contribution in [-0.4, -0.2) is 23.2 Å². The van der Waals surface area contributed by atoms with Gasteiger partial charge in [-0.05, 0) is 49.5 Å². The molecule has 0 aliphatic carbocycles. The minimum atomic E-state index is -0.489. The Kier molecular flexibility index (Phi) is 2.93. The summed E-state index contributed by atoms with van der Waals surface area (Å²) < 4.78 is 5.01. The number of nitrogens with one attached hydrogen (secondary N) is 2. The van der Waals surface area contributed by atoms with Crippen LogP contribution >= 0.6 is 0 Å². The molecule has 1 aromatic heterocycles. The largest absolute Gasteiger partial charge is 0.417 e. The van der Waals surface area contributed by atoms with Crippen LogP contribution in [0.1, 0.15) is 24.5 Å². The molecule has 96 valence electrons. The predicted molar refractivity (Wildman–Crippen MR) is 67.4 cm³/mol. The third-order valence-corrected chi connectivity index (χ3v) is 3.62. The molecular formula is C13H16N2O3. The van der Waals surface area contributed by atoms with Crippen molar-refractivity contribution < 1.29 is 9.52 Å². The minimum Gasteiger partial charge on any atom is -0.408 e. The van der Waals surface area contributed by atoms with E-state index >= 15 is 0 Å². The zero-order chi connectivity index (χ0) is 12.5. The lowest BCUT2D eigenvalue weighted by Gasteiger charge is -2.27. The number of fused-ring (bicyclic) bond motifs is 1. The molecular weight excluding hydrogens is 232 g/mol. The van der Waals surface area contributed by atoms with Gasteiger partial charge in [0.05, 0.1) is 11.6 Å². The molecule has 5 nitrogen and oxygen atoms in total. The van der Waals surface area contributed by atoms with E-state index < -0.39 is 11.9 Å². The van der Waals surface area contributed by atoms with Crippen LogP contribution in [0.25, 0.3) is 11.1 Å². The zero-order valence-electron chi connectivity index (χ0n) is 9.98. The summed E-state index contributed by atoms with van der Waals surface area (Å²) in [7, 11) is 0. The highest BCUT2D eigenvalue weighted by Gasteiger charge is 2.23. The summed E-state index contributed by atoms with van der Waals surface area (Å²) in [4.78, 5) is 13.7. The first-order valence-corrected chi connectivity index (χ1v) is 6.25. The molecule has 2 heterocycles. The van der Waals surface area contributed by atoms with E-state index in [1.807, 2.05) is 6.07 Å². The maximum atomic E-state index is 11.1. The van der Waals surface area contributed by atoms with Crippen molar-refractivity contribution in [3.8, 4) is 0 Å². The average Bonchev–Trinajstić information content (AvgIpc) is 2.78. The van der Waals surface area contributed by atoms with E-state index in [1.165, 1.54) is 0 Å². The highest BCUT2D eigenvalue weighted by atomic mass is 16.4. The fourth-order valence-electron chi connectivity index (χ4n) is 2.58. The van der Waals surface area contributed by atoms with E-state index in [4.69, 9.17) is 4.42 Å². The Bertz CT molecular complexity index is 596. The summed E-state index contributed by atoms with van der Waals surface area (Å²) in [5.41, 5.74) is 1.99. The van der Waals surface area contributed by atoms with Gasteiger partial charge in [-0.1, -0.05) is 6.07 Å². The number of aromatic nitrogens is 1. The minimum absolute atomic E-state index is 0.273. The number of aliphatic hydroxyl groups is 1. The van der Waals surface area contributed by atoms with Gasteiger partial charge in [0, 0.05) is 0 Å². The van der Waals surface area contributed by atoms with Crippen LogP contribution in [0.5, 0.6) is 0 Å². The quantitative estimate of drug-likeness (QED) is 0.745. The van der Waals surface area contributed by atoms with Crippen molar-refractivity contribution in [2.45, 2.75) is 18.9 Å². The van der Waals surface area contributed by atoms with Gasteiger partial charge in [0.15, 0.2) is 5.58 Å². The third kappa shape index (κ3) is 2.07. The summed E-state index contributed by atoms with van der Waals surface area (Å²) in [6.45, 7) is 1.90. The van der Waals surface area contributed by atoms with Crippen LogP contribution in [0, 0.1) is 5.92 Å². The normalized spacial score (nSPS) is 19.2. The van der Waals surface area contributed by atoms with Gasteiger partial charge in [-0.3, -0.25) is 4.98 Å². The number of hydrogen-bond donors (Lipinski definition) is 3. The van der Waals surface area contributed by atoms with Gasteiger partial charge < -0.3 is 14.8 Å². The monoisotopic (exact) mass is 248 g/mol. The maximum absolute atomic E-state index is 11.1. The summed E-state index contributed by atoms with van der Waals surface area (Å²) in [5, 5.41) is 13.6. The van der Waals surface area contributed by atoms with Crippen LogP contribution in [0.2, 0.25) is 0 Å². The molecule has 3 N–H and O–H groups in total. The van der Waals surface area contributed by atoms with Crippen LogP contribution in [0.15, 0.2) is 27.4 Å². The fraction of sp³-hybridized carbons (Fsp3) is 0.462. The van der Waals surface area contributed by atoms with Crippen molar-refractivity contribution in [3.63, 3.8) is 0 Å². The van der Waals surface area contributed by atoms with Gasteiger partial charge in [-0.15, -0.1) is 0 Å². The lowest BCUT2D eigenvalue weighted by atomic mass is 9.88. The van der Waals surface area contributed by atoms with Gasteiger partial charge in [-0.25, -0.2) is 4.79 Å². The maximum Gasteiger partial charge on any atom is 0.417 e. The van der Waals surface area contributed by atoms with Crippen molar-refractivity contribution in [2.75, 3.05) is 13.1 Å². The van der Waals surface area contributed by atoms with Crippen molar-refractivity contribution in [2.24, 2.45) is 5.92 Å². The second-order valence-corrected chi connectivity index (χ2v) is 4.80. The SMILES string of the molecule is O=c1[nH]c2ccc(C(O)C3CCNCC3)cc2o1.